The maximum atomic E-state index is 12.3. The minimum Gasteiger partial charge on any atom is -0.368 e. The average molecular weight is 288 g/mol. The lowest BCUT2D eigenvalue weighted by Gasteiger charge is -2.18. The normalized spacial score (nSPS) is 20.4. The van der Waals surface area contributed by atoms with Crippen molar-refractivity contribution in [2.24, 2.45) is 5.92 Å². The Morgan fingerprint density at radius 1 is 1.35 bits per heavy atom. The molecule has 0 saturated carbocycles. The van der Waals surface area contributed by atoms with Crippen LogP contribution in [0.2, 0.25) is 0 Å². The molecule has 1 aliphatic rings. The minimum absolute atomic E-state index is 0.223. The summed E-state index contributed by atoms with van der Waals surface area (Å²) in [7, 11) is 0. The first-order valence-electron chi connectivity index (χ1n) is 6.67. The second kappa shape index (κ2) is 5.95. The largest absolute Gasteiger partial charge is 0.401 e. The van der Waals surface area contributed by atoms with Crippen LogP contribution in [0.5, 0.6) is 0 Å². The van der Waals surface area contributed by atoms with Crippen LogP contribution in [-0.2, 0) is 0 Å². The van der Waals surface area contributed by atoms with Crippen LogP contribution in [0, 0.1) is 19.8 Å². The molecule has 1 atom stereocenters. The van der Waals surface area contributed by atoms with E-state index in [2.05, 4.69) is 15.5 Å². The van der Waals surface area contributed by atoms with Gasteiger partial charge in [-0.1, -0.05) is 0 Å². The van der Waals surface area contributed by atoms with Gasteiger partial charge in [0.15, 0.2) is 0 Å². The Bertz CT molecular complexity index is 461. The molecule has 1 N–H and O–H groups in total. The number of nitrogens with zero attached hydrogens (tertiary/aromatic N) is 3. The van der Waals surface area contributed by atoms with E-state index in [1.807, 2.05) is 19.9 Å². The van der Waals surface area contributed by atoms with E-state index >= 15 is 0 Å². The highest BCUT2D eigenvalue weighted by atomic mass is 19.4. The van der Waals surface area contributed by atoms with Crippen LogP contribution in [0.15, 0.2) is 6.07 Å². The molecule has 0 bridgehead atoms. The van der Waals surface area contributed by atoms with Crippen LogP contribution in [0.3, 0.4) is 0 Å². The van der Waals surface area contributed by atoms with E-state index in [0.29, 0.717) is 25.5 Å². The summed E-state index contributed by atoms with van der Waals surface area (Å²) in [5, 5.41) is 11.2. The van der Waals surface area contributed by atoms with E-state index in [9.17, 15) is 13.2 Å². The Morgan fingerprint density at radius 2 is 2.10 bits per heavy atom. The molecule has 4 nitrogen and oxygen atoms in total. The van der Waals surface area contributed by atoms with Crippen molar-refractivity contribution < 1.29 is 13.2 Å². The summed E-state index contributed by atoms with van der Waals surface area (Å²) in [6.07, 6.45) is -3.33. The lowest BCUT2D eigenvalue weighted by Crippen LogP contribution is -2.33. The van der Waals surface area contributed by atoms with Crippen molar-refractivity contribution in [3.8, 4) is 0 Å². The highest BCUT2D eigenvalue weighted by Gasteiger charge is 2.34. The van der Waals surface area contributed by atoms with Gasteiger partial charge in [0.25, 0.3) is 0 Å². The molecule has 1 aromatic rings. The molecule has 0 amide bonds. The monoisotopic (exact) mass is 288 g/mol. The Labute approximate surface area is 116 Å². The number of aromatic nitrogens is 2. The third-order valence-corrected chi connectivity index (χ3v) is 3.58. The van der Waals surface area contributed by atoms with Crippen molar-refractivity contribution in [2.75, 3.05) is 31.5 Å². The second-order valence-corrected chi connectivity index (χ2v) is 5.38. The Morgan fingerprint density at radius 3 is 2.75 bits per heavy atom. The molecule has 1 saturated heterocycles. The number of alkyl halides is 3. The first-order valence-corrected chi connectivity index (χ1v) is 6.67. The Kier molecular flexibility index (Phi) is 4.47. The standard InChI is InChI=1S/C13H19F3N4/c1-9-5-12(19-18-10(9)2)17-6-11-3-4-20(7-11)8-13(14,15)16/h5,11H,3-4,6-8H2,1-2H3,(H,17,19). The third-order valence-electron chi connectivity index (χ3n) is 3.58. The fraction of sp³-hybridized carbons (Fsp3) is 0.692. The van der Waals surface area contributed by atoms with Crippen molar-refractivity contribution in [1.82, 2.24) is 15.1 Å². The van der Waals surface area contributed by atoms with Gasteiger partial charge in [0.1, 0.15) is 5.82 Å². The van der Waals surface area contributed by atoms with E-state index in [0.717, 1.165) is 17.7 Å². The molecule has 1 aliphatic heterocycles. The molecule has 1 aromatic heterocycles. The molecular formula is C13H19F3N4. The van der Waals surface area contributed by atoms with Crippen molar-refractivity contribution in [2.45, 2.75) is 26.4 Å². The zero-order chi connectivity index (χ0) is 14.8. The zero-order valence-electron chi connectivity index (χ0n) is 11.7. The van der Waals surface area contributed by atoms with Gasteiger partial charge >= 0.3 is 6.18 Å². The van der Waals surface area contributed by atoms with E-state index < -0.39 is 12.7 Å². The molecule has 1 fully saturated rings. The van der Waals surface area contributed by atoms with Crippen LogP contribution < -0.4 is 5.32 Å². The van der Waals surface area contributed by atoms with Crippen LogP contribution in [0.4, 0.5) is 19.0 Å². The number of likely N-dealkylation sites (tertiary alicyclic amines) is 1. The fourth-order valence-corrected chi connectivity index (χ4v) is 2.36. The molecule has 2 rings (SSSR count). The first kappa shape index (κ1) is 15.0. The molecule has 0 radical (unpaired) electrons. The van der Waals surface area contributed by atoms with Gasteiger partial charge in [0.2, 0.25) is 0 Å². The quantitative estimate of drug-likeness (QED) is 0.923. The first-order chi connectivity index (χ1) is 9.33. The lowest BCUT2D eigenvalue weighted by molar-refractivity contribution is -0.143. The maximum absolute atomic E-state index is 12.3. The van der Waals surface area contributed by atoms with Crippen LogP contribution in [0.1, 0.15) is 17.7 Å². The molecule has 0 spiro atoms. The van der Waals surface area contributed by atoms with Crippen molar-refractivity contribution in [3.63, 3.8) is 0 Å². The van der Waals surface area contributed by atoms with Gasteiger partial charge in [-0.05, 0) is 44.4 Å². The van der Waals surface area contributed by atoms with Gasteiger partial charge in [-0.15, -0.1) is 5.10 Å². The van der Waals surface area contributed by atoms with Crippen molar-refractivity contribution in [3.05, 3.63) is 17.3 Å². The zero-order valence-corrected chi connectivity index (χ0v) is 11.7. The highest BCUT2D eigenvalue weighted by molar-refractivity contribution is 5.37. The van der Waals surface area contributed by atoms with E-state index in [-0.39, 0.29) is 5.92 Å². The fourth-order valence-electron chi connectivity index (χ4n) is 2.36. The summed E-state index contributed by atoms with van der Waals surface area (Å²) in [5.41, 5.74) is 1.93. The molecule has 112 valence electrons. The van der Waals surface area contributed by atoms with E-state index in [1.165, 1.54) is 4.90 Å². The van der Waals surface area contributed by atoms with Gasteiger partial charge in [-0.25, -0.2) is 0 Å². The van der Waals surface area contributed by atoms with Gasteiger partial charge in [-0.2, -0.15) is 18.3 Å². The number of hydrogen-bond donors (Lipinski definition) is 1. The summed E-state index contributed by atoms with van der Waals surface area (Å²) in [6, 6.07) is 1.91. The molecule has 7 heteroatoms. The van der Waals surface area contributed by atoms with Crippen LogP contribution in [-0.4, -0.2) is 47.5 Å². The highest BCUT2D eigenvalue weighted by Crippen LogP contribution is 2.23. The van der Waals surface area contributed by atoms with Gasteiger partial charge < -0.3 is 5.32 Å². The predicted molar refractivity (Wildman–Crippen MR) is 70.6 cm³/mol. The van der Waals surface area contributed by atoms with E-state index in [1.54, 1.807) is 0 Å². The summed E-state index contributed by atoms with van der Waals surface area (Å²) < 4.78 is 36.9. The predicted octanol–water partition coefficient (Wildman–Crippen LogP) is 2.39. The van der Waals surface area contributed by atoms with Crippen molar-refractivity contribution in [1.29, 1.82) is 0 Å². The SMILES string of the molecule is Cc1cc(NCC2CCN(CC(F)(F)F)C2)nnc1C. The van der Waals surface area contributed by atoms with Crippen LogP contribution >= 0.6 is 0 Å². The summed E-state index contributed by atoms with van der Waals surface area (Å²) >= 11 is 0. The number of nitrogens with one attached hydrogen (secondary N) is 1. The molecule has 1 unspecified atom stereocenters. The van der Waals surface area contributed by atoms with Gasteiger partial charge in [0.05, 0.1) is 12.2 Å². The lowest BCUT2D eigenvalue weighted by atomic mass is 10.1. The van der Waals surface area contributed by atoms with Gasteiger partial charge in [-0.3, -0.25) is 4.90 Å². The average Bonchev–Trinajstić information content (AvgIpc) is 2.76. The summed E-state index contributed by atoms with van der Waals surface area (Å²) in [6.45, 7) is 4.64. The summed E-state index contributed by atoms with van der Waals surface area (Å²) in [5.74, 6) is 0.906. The molecular weight excluding hydrogens is 269 g/mol. The number of halogens is 3. The summed E-state index contributed by atoms with van der Waals surface area (Å²) in [4.78, 5) is 1.46. The third kappa shape index (κ3) is 4.33. The molecule has 2 heterocycles. The number of rotatable bonds is 4. The smallest absolute Gasteiger partial charge is 0.368 e. The molecule has 0 aromatic carbocycles. The Balaban J connectivity index is 1.79. The van der Waals surface area contributed by atoms with Crippen LogP contribution in [0.25, 0.3) is 0 Å². The topological polar surface area (TPSA) is 41.0 Å². The van der Waals surface area contributed by atoms with Gasteiger partial charge in [0, 0.05) is 13.1 Å². The number of aryl methyl sites for hydroxylation is 2. The molecule has 0 aliphatic carbocycles. The maximum Gasteiger partial charge on any atom is 0.401 e. The van der Waals surface area contributed by atoms with E-state index in [4.69, 9.17) is 0 Å². The molecule has 20 heavy (non-hydrogen) atoms. The van der Waals surface area contributed by atoms with Crippen molar-refractivity contribution >= 4 is 5.82 Å². The Hall–Kier alpha value is -1.37. The number of hydrogen-bond acceptors (Lipinski definition) is 4. The number of anilines is 1. The second-order valence-electron chi connectivity index (χ2n) is 5.38. The minimum atomic E-state index is -4.11.